The first-order chi connectivity index (χ1) is 9.79. The SMILES string of the molecule is N#Cc1cccn(CC2CCCc3ccccc32)c1=O. The summed E-state index contributed by atoms with van der Waals surface area (Å²) in [4.78, 5) is 12.1. The minimum Gasteiger partial charge on any atom is -0.314 e. The van der Waals surface area contributed by atoms with Crippen molar-refractivity contribution in [3.8, 4) is 6.07 Å². The molecule has 0 N–H and O–H groups in total. The summed E-state index contributed by atoms with van der Waals surface area (Å²) >= 11 is 0. The Bertz CT molecular complexity index is 724. The third-order valence-corrected chi connectivity index (χ3v) is 4.05. The molecule has 1 aliphatic carbocycles. The Morgan fingerprint density at radius 3 is 2.95 bits per heavy atom. The van der Waals surface area contributed by atoms with Crippen molar-refractivity contribution in [1.82, 2.24) is 4.57 Å². The zero-order chi connectivity index (χ0) is 13.9. The summed E-state index contributed by atoms with van der Waals surface area (Å²) in [6.07, 6.45) is 5.16. The number of rotatable bonds is 2. The van der Waals surface area contributed by atoms with E-state index in [2.05, 4.69) is 24.3 Å². The molecule has 1 unspecified atom stereocenters. The molecular weight excluding hydrogens is 248 g/mol. The van der Waals surface area contributed by atoms with Crippen LogP contribution < -0.4 is 5.56 Å². The number of fused-ring (bicyclic) bond motifs is 1. The van der Waals surface area contributed by atoms with Crippen molar-refractivity contribution in [3.63, 3.8) is 0 Å². The van der Waals surface area contributed by atoms with E-state index in [1.54, 1.807) is 22.9 Å². The Morgan fingerprint density at radius 1 is 1.25 bits per heavy atom. The molecule has 0 bridgehead atoms. The van der Waals surface area contributed by atoms with Gasteiger partial charge in [-0.15, -0.1) is 0 Å². The van der Waals surface area contributed by atoms with E-state index in [0.717, 1.165) is 19.3 Å². The van der Waals surface area contributed by atoms with Crippen LogP contribution in [0.2, 0.25) is 0 Å². The normalized spacial score (nSPS) is 17.2. The summed E-state index contributed by atoms with van der Waals surface area (Å²) in [5.41, 5.74) is 2.79. The number of hydrogen-bond donors (Lipinski definition) is 0. The van der Waals surface area contributed by atoms with Crippen molar-refractivity contribution in [3.05, 3.63) is 69.6 Å². The minimum absolute atomic E-state index is 0.182. The van der Waals surface area contributed by atoms with Gasteiger partial charge >= 0.3 is 0 Å². The number of benzene rings is 1. The molecule has 1 aliphatic rings. The molecule has 0 fully saturated rings. The summed E-state index contributed by atoms with van der Waals surface area (Å²) in [6, 6.07) is 13.8. The molecular formula is C17H16N2O. The molecule has 1 heterocycles. The molecule has 100 valence electrons. The fourth-order valence-corrected chi connectivity index (χ4v) is 3.05. The highest BCUT2D eigenvalue weighted by Crippen LogP contribution is 2.32. The maximum atomic E-state index is 12.1. The van der Waals surface area contributed by atoms with E-state index in [1.165, 1.54) is 11.1 Å². The third kappa shape index (κ3) is 2.25. The fraction of sp³-hybridized carbons (Fsp3) is 0.294. The molecule has 1 atom stereocenters. The topological polar surface area (TPSA) is 45.8 Å². The van der Waals surface area contributed by atoms with Crippen molar-refractivity contribution < 1.29 is 0 Å². The summed E-state index contributed by atoms with van der Waals surface area (Å²) in [6.45, 7) is 0.658. The quantitative estimate of drug-likeness (QED) is 0.837. The standard InChI is InChI=1S/C17H16N2O/c18-11-14-8-4-10-19(17(14)20)12-15-7-3-6-13-5-1-2-9-16(13)15/h1-2,4-5,8-10,15H,3,6-7,12H2. The van der Waals surface area contributed by atoms with Gasteiger partial charge < -0.3 is 4.57 Å². The molecule has 0 saturated heterocycles. The maximum Gasteiger partial charge on any atom is 0.268 e. The van der Waals surface area contributed by atoms with Crippen LogP contribution in [0.3, 0.4) is 0 Å². The molecule has 3 heteroatoms. The second kappa shape index (κ2) is 5.34. The Balaban J connectivity index is 1.94. The van der Waals surface area contributed by atoms with Gasteiger partial charge in [0.25, 0.3) is 5.56 Å². The lowest BCUT2D eigenvalue weighted by Gasteiger charge is -2.26. The number of aromatic nitrogens is 1. The number of hydrogen-bond acceptors (Lipinski definition) is 2. The van der Waals surface area contributed by atoms with Crippen molar-refractivity contribution in [2.24, 2.45) is 0 Å². The molecule has 0 aliphatic heterocycles. The largest absolute Gasteiger partial charge is 0.314 e. The van der Waals surface area contributed by atoms with Crippen molar-refractivity contribution in [1.29, 1.82) is 5.26 Å². The lowest BCUT2D eigenvalue weighted by molar-refractivity contribution is 0.475. The van der Waals surface area contributed by atoms with Gasteiger partial charge in [-0.1, -0.05) is 24.3 Å². The van der Waals surface area contributed by atoms with Crippen LogP contribution in [-0.4, -0.2) is 4.57 Å². The molecule has 0 saturated carbocycles. The molecule has 1 aromatic carbocycles. The van der Waals surface area contributed by atoms with Crippen molar-refractivity contribution in [2.45, 2.75) is 31.7 Å². The van der Waals surface area contributed by atoms with Crippen LogP contribution in [0, 0.1) is 11.3 Å². The Morgan fingerprint density at radius 2 is 2.10 bits per heavy atom. The van der Waals surface area contributed by atoms with E-state index in [4.69, 9.17) is 5.26 Å². The minimum atomic E-state index is -0.182. The molecule has 3 rings (SSSR count). The van der Waals surface area contributed by atoms with Gasteiger partial charge in [0.1, 0.15) is 11.6 Å². The van der Waals surface area contributed by atoms with Crippen molar-refractivity contribution >= 4 is 0 Å². The summed E-state index contributed by atoms with van der Waals surface area (Å²) in [7, 11) is 0. The Labute approximate surface area is 118 Å². The van der Waals surface area contributed by atoms with Crippen LogP contribution in [0.1, 0.15) is 35.4 Å². The zero-order valence-corrected chi connectivity index (χ0v) is 11.2. The molecule has 2 aromatic rings. The first kappa shape index (κ1) is 12.7. The maximum absolute atomic E-state index is 12.1. The van der Waals surface area contributed by atoms with Crippen LogP contribution >= 0.6 is 0 Å². The van der Waals surface area contributed by atoms with Crippen LogP contribution in [0.15, 0.2) is 47.4 Å². The predicted molar refractivity (Wildman–Crippen MR) is 77.5 cm³/mol. The van der Waals surface area contributed by atoms with Gasteiger partial charge in [-0.3, -0.25) is 4.79 Å². The Kier molecular flexibility index (Phi) is 3.39. The molecule has 0 amide bonds. The van der Waals surface area contributed by atoms with Gasteiger partial charge in [0.05, 0.1) is 0 Å². The molecule has 3 nitrogen and oxygen atoms in total. The van der Waals surface area contributed by atoms with E-state index in [-0.39, 0.29) is 11.1 Å². The van der Waals surface area contributed by atoms with Gasteiger partial charge in [-0.05, 0) is 42.5 Å². The smallest absolute Gasteiger partial charge is 0.268 e. The number of pyridine rings is 1. The van der Waals surface area contributed by atoms with Crippen LogP contribution in [0.4, 0.5) is 0 Å². The van der Waals surface area contributed by atoms with E-state index in [9.17, 15) is 4.79 Å². The average Bonchev–Trinajstić information content (AvgIpc) is 2.50. The molecule has 0 spiro atoms. The van der Waals surface area contributed by atoms with Crippen LogP contribution in [-0.2, 0) is 13.0 Å². The fourth-order valence-electron chi connectivity index (χ4n) is 3.05. The summed E-state index contributed by atoms with van der Waals surface area (Å²) < 4.78 is 1.67. The van der Waals surface area contributed by atoms with Gasteiger partial charge in [0.2, 0.25) is 0 Å². The summed E-state index contributed by atoms with van der Waals surface area (Å²) in [5, 5.41) is 8.94. The highest BCUT2D eigenvalue weighted by atomic mass is 16.1. The molecule has 1 aromatic heterocycles. The van der Waals surface area contributed by atoms with Gasteiger partial charge in [-0.25, -0.2) is 0 Å². The van der Waals surface area contributed by atoms with Crippen molar-refractivity contribution in [2.75, 3.05) is 0 Å². The van der Waals surface area contributed by atoms with Crippen LogP contribution in [0.25, 0.3) is 0 Å². The monoisotopic (exact) mass is 264 g/mol. The van der Waals surface area contributed by atoms with E-state index < -0.39 is 0 Å². The average molecular weight is 264 g/mol. The van der Waals surface area contributed by atoms with E-state index >= 15 is 0 Å². The highest BCUT2D eigenvalue weighted by molar-refractivity contribution is 5.33. The lowest BCUT2D eigenvalue weighted by atomic mass is 9.83. The highest BCUT2D eigenvalue weighted by Gasteiger charge is 2.20. The third-order valence-electron chi connectivity index (χ3n) is 4.05. The van der Waals surface area contributed by atoms with Crippen LogP contribution in [0.5, 0.6) is 0 Å². The Hall–Kier alpha value is -2.34. The number of nitriles is 1. The van der Waals surface area contributed by atoms with E-state index in [0.29, 0.717) is 12.5 Å². The zero-order valence-electron chi connectivity index (χ0n) is 11.2. The second-order valence-electron chi connectivity index (χ2n) is 5.28. The molecule has 0 radical (unpaired) electrons. The summed E-state index contributed by atoms with van der Waals surface area (Å²) in [5.74, 6) is 0.367. The first-order valence-electron chi connectivity index (χ1n) is 6.97. The lowest BCUT2D eigenvalue weighted by Crippen LogP contribution is -2.26. The second-order valence-corrected chi connectivity index (χ2v) is 5.28. The predicted octanol–water partition coefficient (Wildman–Crippen LogP) is 2.84. The number of aryl methyl sites for hydroxylation is 1. The van der Waals surface area contributed by atoms with Gasteiger partial charge in [0.15, 0.2) is 0 Å². The number of nitrogens with zero attached hydrogens (tertiary/aromatic N) is 2. The van der Waals surface area contributed by atoms with Gasteiger partial charge in [0, 0.05) is 18.7 Å². The first-order valence-corrected chi connectivity index (χ1v) is 6.97. The van der Waals surface area contributed by atoms with Gasteiger partial charge in [-0.2, -0.15) is 5.26 Å². The van der Waals surface area contributed by atoms with E-state index in [1.807, 2.05) is 6.07 Å². The molecule has 20 heavy (non-hydrogen) atoms.